The van der Waals surface area contributed by atoms with Gasteiger partial charge < -0.3 is 14.5 Å². The molecule has 0 unspecified atom stereocenters. The molecule has 25 heavy (non-hydrogen) atoms. The lowest BCUT2D eigenvalue weighted by molar-refractivity contribution is -0.130. The standard InChI is InChI=1S/C18H21N3O3S/c1-13-12-25-17(19-13)11-24-16-5-3-15(4-6-16)18(23)21-9-7-20(8-10-21)14(2)22/h3-6,12H,7-11H2,1-2H3. The molecule has 7 heteroatoms. The summed E-state index contributed by atoms with van der Waals surface area (Å²) in [6.07, 6.45) is 0. The summed E-state index contributed by atoms with van der Waals surface area (Å²) in [5, 5.41) is 2.92. The molecule has 1 fully saturated rings. The minimum atomic E-state index is -0.00898. The van der Waals surface area contributed by atoms with Gasteiger partial charge in [-0.3, -0.25) is 9.59 Å². The fourth-order valence-corrected chi connectivity index (χ4v) is 3.40. The largest absolute Gasteiger partial charge is 0.486 e. The molecule has 0 radical (unpaired) electrons. The number of ether oxygens (including phenoxy) is 1. The highest BCUT2D eigenvalue weighted by atomic mass is 32.1. The quantitative estimate of drug-likeness (QED) is 0.841. The second kappa shape index (κ2) is 7.65. The van der Waals surface area contributed by atoms with Crippen molar-refractivity contribution in [1.82, 2.24) is 14.8 Å². The topological polar surface area (TPSA) is 62.7 Å². The SMILES string of the molecule is CC(=O)N1CCN(C(=O)c2ccc(OCc3nc(C)cs3)cc2)CC1. The maximum Gasteiger partial charge on any atom is 0.253 e. The van der Waals surface area contributed by atoms with Gasteiger partial charge in [0.1, 0.15) is 17.4 Å². The lowest BCUT2D eigenvalue weighted by Gasteiger charge is -2.34. The van der Waals surface area contributed by atoms with Crippen LogP contribution in [0, 0.1) is 6.92 Å². The molecule has 1 saturated heterocycles. The molecular formula is C18H21N3O3S. The van der Waals surface area contributed by atoms with Crippen molar-refractivity contribution < 1.29 is 14.3 Å². The van der Waals surface area contributed by atoms with Gasteiger partial charge in [-0.2, -0.15) is 0 Å². The molecule has 132 valence electrons. The van der Waals surface area contributed by atoms with E-state index in [1.165, 1.54) is 0 Å². The van der Waals surface area contributed by atoms with Gasteiger partial charge in [-0.15, -0.1) is 11.3 Å². The summed E-state index contributed by atoms with van der Waals surface area (Å²) in [4.78, 5) is 31.8. The average Bonchev–Trinajstić information content (AvgIpc) is 3.05. The third-order valence-corrected chi connectivity index (χ3v) is 5.08. The van der Waals surface area contributed by atoms with Crippen molar-refractivity contribution in [3.8, 4) is 5.75 Å². The molecule has 1 aliphatic heterocycles. The lowest BCUT2D eigenvalue weighted by Crippen LogP contribution is -2.50. The Labute approximate surface area is 151 Å². The Bertz CT molecular complexity index is 749. The molecule has 1 aromatic carbocycles. The Morgan fingerprint density at radius 3 is 2.32 bits per heavy atom. The third kappa shape index (κ3) is 4.36. The average molecular weight is 359 g/mol. The molecule has 2 heterocycles. The van der Waals surface area contributed by atoms with Crippen LogP contribution in [0.2, 0.25) is 0 Å². The number of rotatable bonds is 4. The molecule has 6 nitrogen and oxygen atoms in total. The predicted octanol–water partition coefficient (Wildman–Crippen LogP) is 2.33. The summed E-state index contributed by atoms with van der Waals surface area (Å²) in [7, 11) is 0. The second-order valence-corrected chi connectivity index (χ2v) is 6.94. The fourth-order valence-electron chi connectivity index (χ4n) is 2.71. The van der Waals surface area contributed by atoms with Crippen LogP contribution in [0.1, 0.15) is 28.0 Å². The van der Waals surface area contributed by atoms with Crippen LogP contribution in [-0.2, 0) is 11.4 Å². The zero-order valence-corrected chi connectivity index (χ0v) is 15.2. The van der Waals surface area contributed by atoms with E-state index >= 15 is 0 Å². The van der Waals surface area contributed by atoms with Gasteiger partial charge in [0, 0.05) is 49.7 Å². The van der Waals surface area contributed by atoms with Gasteiger partial charge >= 0.3 is 0 Å². The number of amides is 2. The van der Waals surface area contributed by atoms with E-state index in [4.69, 9.17) is 4.74 Å². The van der Waals surface area contributed by atoms with Crippen molar-refractivity contribution in [2.75, 3.05) is 26.2 Å². The van der Waals surface area contributed by atoms with Crippen LogP contribution in [-0.4, -0.2) is 52.8 Å². The smallest absolute Gasteiger partial charge is 0.253 e. The Morgan fingerprint density at radius 2 is 1.76 bits per heavy atom. The first-order valence-electron chi connectivity index (χ1n) is 8.21. The molecular weight excluding hydrogens is 338 g/mol. The second-order valence-electron chi connectivity index (χ2n) is 5.99. The van der Waals surface area contributed by atoms with E-state index < -0.39 is 0 Å². The Balaban J connectivity index is 1.54. The molecule has 0 aliphatic carbocycles. The summed E-state index contributed by atoms with van der Waals surface area (Å²) in [6.45, 7) is 6.27. The van der Waals surface area contributed by atoms with Crippen LogP contribution in [0.15, 0.2) is 29.6 Å². The molecule has 0 N–H and O–H groups in total. The molecule has 2 aromatic rings. The minimum Gasteiger partial charge on any atom is -0.486 e. The Morgan fingerprint density at radius 1 is 1.12 bits per heavy atom. The first-order valence-corrected chi connectivity index (χ1v) is 9.09. The van der Waals surface area contributed by atoms with E-state index in [0.29, 0.717) is 44.1 Å². The fraction of sp³-hybridized carbons (Fsp3) is 0.389. The van der Waals surface area contributed by atoms with Crippen molar-refractivity contribution in [2.24, 2.45) is 0 Å². The zero-order valence-electron chi connectivity index (χ0n) is 14.4. The molecule has 2 amide bonds. The number of hydrogen-bond acceptors (Lipinski definition) is 5. The van der Waals surface area contributed by atoms with Gasteiger partial charge in [-0.05, 0) is 31.2 Å². The third-order valence-electron chi connectivity index (χ3n) is 4.14. The number of benzene rings is 1. The summed E-state index contributed by atoms with van der Waals surface area (Å²) in [5.41, 5.74) is 1.63. The molecule has 0 bridgehead atoms. The highest BCUT2D eigenvalue weighted by Crippen LogP contribution is 2.17. The minimum absolute atomic E-state index is 0.00898. The van der Waals surface area contributed by atoms with E-state index in [1.54, 1.807) is 52.3 Å². The molecule has 3 rings (SSSR count). The van der Waals surface area contributed by atoms with E-state index in [9.17, 15) is 9.59 Å². The number of aromatic nitrogens is 1. The van der Waals surface area contributed by atoms with E-state index in [-0.39, 0.29) is 11.8 Å². The lowest BCUT2D eigenvalue weighted by atomic mass is 10.1. The highest BCUT2D eigenvalue weighted by Gasteiger charge is 2.23. The maximum atomic E-state index is 12.5. The predicted molar refractivity (Wildman–Crippen MR) is 95.8 cm³/mol. The van der Waals surface area contributed by atoms with Crippen LogP contribution in [0.3, 0.4) is 0 Å². The van der Waals surface area contributed by atoms with Crippen LogP contribution < -0.4 is 4.74 Å². The van der Waals surface area contributed by atoms with Gasteiger partial charge in [0.25, 0.3) is 5.91 Å². The number of hydrogen-bond donors (Lipinski definition) is 0. The van der Waals surface area contributed by atoms with Gasteiger partial charge in [0.05, 0.1) is 0 Å². The van der Waals surface area contributed by atoms with Crippen LogP contribution >= 0.6 is 11.3 Å². The number of carbonyl (C=O) groups excluding carboxylic acids is 2. The van der Waals surface area contributed by atoms with Crippen molar-refractivity contribution >= 4 is 23.2 Å². The molecule has 0 atom stereocenters. The van der Waals surface area contributed by atoms with Crippen molar-refractivity contribution in [3.05, 3.63) is 45.9 Å². The number of carbonyl (C=O) groups is 2. The Kier molecular flexibility index (Phi) is 5.33. The van der Waals surface area contributed by atoms with Gasteiger partial charge in [0.15, 0.2) is 0 Å². The van der Waals surface area contributed by atoms with Crippen LogP contribution in [0.25, 0.3) is 0 Å². The van der Waals surface area contributed by atoms with Crippen LogP contribution in [0.5, 0.6) is 5.75 Å². The van der Waals surface area contributed by atoms with E-state index in [2.05, 4.69) is 4.98 Å². The summed E-state index contributed by atoms with van der Waals surface area (Å²) in [6, 6.07) is 7.17. The number of nitrogens with zero attached hydrogens (tertiary/aromatic N) is 3. The van der Waals surface area contributed by atoms with Gasteiger partial charge in [-0.1, -0.05) is 0 Å². The monoisotopic (exact) mass is 359 g/mol. The van der Waals surface area contributed by atoms with E-state index in [0.717, 1.165) is 10.7 Å². The normalized spacial score (nSPS) is 14.5. The molecule has 0 saturated carbocycles. The molecule has 1 aliphatic rings. The van der Waals surface area contributed by atoms with Gasteiger partial charge in [0.2, 0.25) is 5.91 Å². The van der Waals surface area contributed by atoms with Crippen molar-refractivity contribution in [3.63, 3.8) is 0 Å². The molecule has 1 aromatic heterocycles. The van der Waals surface area contributed by atoms with E-state index in [1.807, 2.05) is 12.3 Å². The van der Waals surface area contributed by atoms with Crippen molar-refractivity contribution in [2.45, 2.75) is 20.5 Å². The van der Waals surface area contributed by atoms with Crippen molar-refractivity contribution in [1.29, 1.82) is 0 Å². The maximum absolute atomic E-state index is 12.5. The number of piperazine rings is 1. The first kappa shape index (κ1) is 17.4. The number of aryl methyl sites for hydroxylation is 1. The van der Waals surface area contributed by atoms with Crippen LogP contribution in [0.4, 0.5) is 0 Å². The first-order chi connectivity index (χ1) is 12.0. The Hall–Kier alpha value is -2.41. The molecule has 0 spiro atoms. The summed E-state index contributed by atoms with van der Waals surface area (Å²) < 4.78 is 5.70. The van der Waals surface area contributed by atoms with Gasteiger partial charge in [-0.25, -0.2) is 4.98 Å². The highest BCUT2D eigenvalue weighted by molar-refractivity contribution is 7.09. The zero-order chi connectivity index (χ0) is 17.8. The number of thiazole rings is 1. The summed E-state index contributed by atoms with van der Waals surface area (Å²) in [5.74, 6) is 0.764. The summed E-state index contributed by atoms with van der Waals surface area (Å²) >= 11 is 1.57.